The fourth-order valence-electron chi connectivity index (χ4n) is 3.14. The van der Waals surface area contributed by atoms with Crippen molar-refractivity contribution in [3.05, 3.63) is 85.5 Å². The molecular formula is C21H20FN3O2S. The van der Waals surface area contributed by atoms with Crippen LogP contribution in [0.5, 0.6) is 0 Å². The number of carbonyl (C=O) groups is 1. The number of hydrogen-bond donors (Lipinski definition) is 2. The highest BCUT2D eigenvalue weighted by Gasteiger charge is 2.27. The first-order valence-corrected chi connectivity index (χ1v) is 10.1. The SMILES string of the molecule is Cc1cc(C(=O)N[C@H](Cc2cc(=O)[nH]c(C3CC3)n2)c2ccc(F)cc2)cs1. The number of rotatable bonds is 6. The lowest BCUT2D eigenvalue weighted by molar-refractivity contribution is 0.0936. The maximum atomic E-state index is 13.4. The van der Waals surface area contributed by atoms with Gasteiger partial charge >= 0.3 is 0 Å². The van der Waals surface area contributed by atoms with Gasteiger partial charge in [0, 0.05) is 28.7 Å². The third kappa shape index (κ3) is 4.36. The van der Waals surface area contributed by atoms with Crippen LogP contribution in [-0.2, 0) is 6.42 Å². The van der Waals surface area contributed by atoms with Gasteiger partial charge in [0.05, 0.1) is 17.3 Å². The van der Waals surface area contributed by atoms with Gasteiger partial charge in [0.1, 0.15) is 11.6 Å². The number of aromatic amines is 1. The van der Waals surface area contributed by atoms with Crippen LogP contribution in [0, 0.1) is 12.7 Å². The summed E-state index contributed by atoms with van der Waals surface area (Å²) in [4.78, 5) is 33.1. The van der Waals surface area contributed by atoms with E-state index in [0.29, 0.717) is 29.4 Å². The van der Waals surface area contributed by atoms with Gasteiger partial charge in [-0.2, -0.15) is 0 Å². The van der Waals surface area contributed by atoms with E-state index in [1.807, 2.05) is 18.4 Å². The number of amides is 1. The number of hydrogen-bond acceptors (Lipinski definition) is 4. The second-order valence-corrected chi connectivity index (χ2v) is 8.24. The molecule has 0 aliphatic heterocycles. The van der Waals surface area contributed by atoms with Crippen LogP contribution in [-0.4, -0.2) is 15.9 Å². The molecule has 1 aromatic carbocycles. The lowest BCUT2D eigenvalue weighted by atomic mass is 10.0. The predicted octanol–water partition coefficient (Wildman–Crippen LogP) is 3.87. The molecule has 2 heterocycles. The summed E-state index contributed by atoms with van der Waals surface area (Å²) in [6.45, 7) is 1.94. The highest BCUT2D eigenvalue weighted by atomic mass is 32.1. The summed E-state index contributed by atoms with van der Waals surface area (Å²) in [6.07, 6.45) is 2.41. The number of thiophene rings is 1. The van der Waals surface area contributed by atoms with Gasteiger partial charge in [-0.05, 0) is 43.5 Å². The summed E-state index contributed by atoms with van der Waals surface area (Å²) in [7, 11) is 0. The van der Waals surface area contributed by atoms with Crippen molar-refractivity contribution in [2.24, 2.45) is 0 Å². The summed E-state index contributed by atoms with van der Waals surface area (Å²) in [5.74, 6) is 0.485. The summed E-state index contributed by atoms with van der Waals surface area (Å²) in [5.41, 5.74) is 1.77. The molecule has 0 unspecified atom stereocenters. The maximum Gasteiger partial charge on any atom is 0.252 e. The third-order valence-corrected chi connectivity index (χ3v) is 5.62. The third-order valence-electron chi connectivity index (χ3n) is 4.76. The molecule has 1 saturated carbocycles. The average molecular weight is 397 g/mol. The topological polar surface area (TPSA) is 74.8 Å². The summed E-state index contributed by atoms with van der Waals surface area (Å²) >= 11 is 1.51. The van der Waals surface area contributed by atoms with Crippen molar-refractivity contribution in [3.63, 3.8) is 0 Å². The quantitative estimate of drug-likeness (QED) is 0.663. The molecule has 1 aliphatic rings. The van der Waals surface area contributed by atoms with E-state index in [9.17, 15) is 14.0 Å². The maximum absolute atomic E-state index is 13.4. The molecule has 0 radical (unpaired) electrons. The van der Waals surface area contributed by atoms with Gasteiger partial charge in [0.25, 0.3) is 11.5 Å². The Morgan fingerprint density at radius 1 is 1.32 bits per heavy atom. The van der Waals surface area contributed by atoms with Crippen molar-refractivity contribution >= 4 is 17.2 Å². The smallest absolute Gasteiger partial charge is 0.252 e. The molecular weight excluding hydrogens is 377 g/mol. The van der Waals surface area contributed by atoms with E-state index in [-0.39, 0.29) is 17.3 Å². The number of nitrogens with one attached hydrogen (secondary N) is 2. The van der Waals surface area contributed by atoms with E-state index in [1.165, 1.54) is 29.5 Å². The van der Waals surface area contributed by atoms with Gasteiger partial charge in [-0.25, -0.2) is 9.37 Å². The molecule has 0 bridgehead atoms. The van der Waals surface area contributed by atoms with Gasteiger partial charge < -0.3 is 10.3 Å². The number of carbonyl (C=O) groups excluding carboxylic acids is 1. The van der Waals surface area contributed by atoms with Gasteiger partial charge in [0.2, 0.25) is 0 Å². The van der Waals surface area contributed by atoms with E-state index in [2.05, 4.69) is 15.3 Å². The van der Waals surface area contributed by atoms with Crippen LogP contribution in [0.1, 0.15) is 57.1 Å². The molecule has 0 saturated heterocycles. The molecule has 1 aliphatic carbocycles. The first-order valence-electron chi connectivity index (χ1n) is 9.19. The van der Waals surface area contributed by atoms with Gasteiger partial charge in [-0.3, -0.25) is 9.59 Å². The second-order valence-electron chi connectivity index (χ2n) is 7.12. The van der Waals surface area contributed by atoms with Crippen molar-refractivity contribution in [1.29, 1.82) is 0 Å². The van der Waals surface area contributed by atoms with E-state index < -0.39 is 6.04 Å². The Balaban J connectivity index is 1.62. The monoisotopic (exact) mass is 397 g/mol. The molecule has 28 heavy (non-hydrogen) atoms. The highest BCUT2D eigenvalue weighted by molar-refractivity contribution is 7.10. The highest BCUT2D eigenvalue weighted by Crippen LogP contribution is 2.37. The summed E-state index contributed by atoms with van der Waals surface area (Å²) in [6, 6.07) is 8.90. The van der Waals surface area contributed by atoms with E-state index >= 15 is 0 Å². The number of aromatic nitrogens is 2. The molecule has 4 rings (SSSR count). The van der Waals surface area contributed by atoms with Crippen LogP contribution in [0.2, 0.25) is 0 Å². The Morgan fingerprint density at radius 3 is 2.71 bits per heavy atom. The van der Waals surface area contributed by atoms with Gasteiger partial charge in [0.15, 0.2) is 0 Å². The molecule has 5 nitrogen and oxygen atoms in total. The van der Waals surface area contributed by atoms with Crippen molar-refractivity contribution < 1.29 is 9.18 Å². The molecule has 1 fully saturated rings. The average Bonchev–Trinajstić information content (AvgIpc) is 3.42. The molecule has 144 valence electrons. The first kappa shape index (κ1) is 18.6. The zero-order valence-electron chi connectivity index (χ0n) is 15.4. The lowest BCUT2D eigenvalue weighted by Crippen LogP contribution is -2.30. The summed E-state index contributed by atoms with van der Waals surface area (Å²) < 4.78 is 13.4. The molecule has 3 aromatic rings. The molecule has 2 aromatic heterocycles. The molecule has 2 N–H and O–H groups in total. The summed E-state index contributed by atoms with van der Waals surface area (Å²) in [5, 5.41) is 4.82. The van der Waals surface area contributed by atoms with Crippen molar-refractivity contribution in [2.45, 2.75) is 38.1 Å². The first-order chi connectivity index (χ1) is 13.5. The Labute approximate surface area is 165 Å². The van der Waals surface area contributed by atoms with Crippen LogP contribution >= 0.6 is 11.3 Å². The molecule has 1 amide bonds. The Bertz CT molecular complexity index is 1050. The van der Waals surface area contributed by atoms with Crippen LogP contribution in [0.25, 0.3) is 0 Å². The fourth-order valence-corrected chi connectivity index (χ4v) is 3.83. The zero-order chi connectivity index (χ0) is 19.7. The second kappa shape index (κ2) is 7.67. The van der Waals surface area contributed by atoms with Gasteiger partial charge in [-0.15, -0.1) is 11.3 Å². The van der Waals surface area contributed by atoms with E-state index in [1.54, 1.807) is 12.1 Å². The van der Waals surface area contributed by atoms with E-state index in [4.69, 9.17) is 0 Å². The Morgan fingerprint density at radius 2 is 2.07 bits per heavy atom. The van der Waals surface area contributed by atoms with Crippen LogP contribution in [0.4, 0.5) is 4.39 Å². The largest absolute Gasteiger partial charge is 0.345 e. The Kier molecular flexibility index (Phi) is 5.09. The number of benzene rings is 1. The number of halogens is 1. The standard InChI is InChI=1S/C21H20FN3O2S/c1-12-8-15(11-28-12)21(27)24-18(13-4-6-16(22)7-5-13)9-17-10-19(26)25-20(23-17)14-2-3-14/h4-8,10-11,14,18H,2-3,9H2,1H3,(H,24,27)(H,23,25,26)/t18-/m1/s1. The number of nitrogens with zero attached hydrogens (tertiary/aromatic N) is 1. The normalized spacial score (nSPS) is 14.6. The minimum absolute atomic E-state index is 0.190. The van der Waals surface area contributed by atoms with Crippen LogP contribution in [0.3, 0.4) is 0 Å². The molecule has 0 spiro atoms. The van der Waals surface area contributed by atoms with Crippen LogP contribution in [0.15, 0.2) is 46.6 Å². The Hall–Kier alpha value is -2.80. The lowest BCUT2D eigenvalue weighted by Gasteiger charge is -2.19. The number of H-pyrrole nitrogens is 1. The van der Waals surface area contributed by atoms with Crippen molar-refractivity contribution in [1.82, 2.24) is 15.3 Å². The number of aryl methyl sites for hydroxylation is 1. The zero-order valence-corrected chi connectivity index (χ0v) is 16.2. The van der Waals surface area contributed by atoms with Gasteiger partial charge in [-0.1, -0.05) is 12.1 Å². The van der Waals surface area contributed by atoms with Crippen molar-refractivity contribution in [2.75, 3.05) is 0 Å². The van der Waals surface area contributed by atoms with Crippen molar-refractivity contribution in [3.8, 4) is 0 Å². The minimum atomic E-state index is -0.422. The predicted molar refractivity (Wildman–Crippen MR) is 106 cm³/mol. The van der Waals surface area contributed by atoms with E-state index in [0.717, 1.165) is 23.3 Å². The minimum Gasteiger partial charge on any atom is -0.345 e. The molecule has 1 atom stereocenters. The van der Waals surface area contributed by atoms with Crippen LogP contribution < -0.4 is 10.9 Å². The molecule has 7 heteroatoms. The fraction of sp³-hybridized carbons (Fsp3) is 0.286.